The lowest BCUT2D eigenvalue weighted by atomic mass is 9.88. The van der Waals surface area contributed by atoms with Gasteiger partial charge in [-0.1, -0.05) is 26.0 Å². The Morgan fingerprint density at radius 2 is 1.81 bits per heavy atom. The predicted molar refractivity (Wildman–Crippen MR) is 189 cm³/mol. The van der Waals surface area contributed by atoms with Crippen molar-refractivity contribution < 1.29 is 46.9 Å². The van der Waals surface area contributed by atoms with Gasteiger partial charge in [-0.2, -0.15) is 0 Å². The van der Waals surface area contributed by atoms with E-state index in [4.69, 9.17) is 14.2 Å². The lowest BCUT2D eigenvalue weighted by molar-refractivity contribution is -0.142. The van der Waals surface area contributed by atoms with Crippen molar-refractivity contribution in [2.75, 3.05) is 20.8 Å². The maximum Gasteiger partial charge on any atom is 0.405 e. The predicted octanol–water partition coefficient (Wildman–Crippen LogP) is 3.12. The second kappa shape index (κ2) is 14.1. The molecule has 0 bridgehead atoms. The van der Waals surface area contributed by atoms with Crippen molar-refractivity contribution in [3.8, 4) is 17.4 Å². The molecule has 1 aromatic carbocycles. The Morgan fingerprint density at radius 1 is 1.10 bits per heavy atom. The van der Waals surface area contributed by atoms with Crippen molar-refractivity contribution in [3.63, 3.8) is 0 Å². The molecule has 4 aliphatic rings. The molecule has 4 amide bonds. The van der Waals surface area contributed by atoms with Crippen LogP contribution in [0.25, 0.3) is 10.8 Å². The Kier molecular flexibility index (Phi) is 10.1. The average molecular weight is 742 g/mol. The number of nitrogens with zero attached hydrogens (tertiary/aromatic N) is 2. The van der Waals surface area contributed by atoms with Crippen LogP contribution >= 0.6 is 0 Å². The molecule has 2 aromatic rings. The van der Waals surface area contributed by atoms with Crippen molar-refractivity contribution in [1.29, 1.82) is 0 Å². The first kappa shape index (κ1) is 37.2. The highest BCUT2D eigenvalue weighted by Gasteiger charge is 2.63. The minimum Gasteiger partial charge on any atom is -0.493 e. The average Bonchev–Trinajstić information content (AvgIpc) is 3.98. The number of ether oxygens (including phenoxy) is 3. The van der Waals surface area contributed by atoms with Crippen LogP contribution < -0.4 is 29.6 Å². The Morgan fingerprint density at radius 3 is 2.48 bits per heavy atom. The number of aromatic nitrogens is 1. The van der Waals surface area contributed by atoms with Crippen LogP contribution in [-0.4, -0.2) is 96.5 Å². The lowest BCUT2D eigenvalue weighted by Gasteiger charge is -2.32. The van der Waals surface area contributed by atoms with Gasteiger partial charge < -0.3 is 34.9 Å². The van der Waals surface area contributed by atoms with E-state index in [1.165, 1.54) is 19.1 Å². The highest BCUT2D eigenvalue weighted by atomic mass is 32.2. The maximum absolute atomic E-state index is 14.4. The number of carbonyl (C=O) groups is 4. The standard InChI is InChI=1S/C36H47N5O10S/c1-20-8-6-7-9-23-18-36(23,33(44)40-52(47,48)35(3)11-12-35)39-30(42)26-16-24(19-41(26)32(43)29(21(2)14-20)38-34(45)46)51-31-25-17-28(50-5)27(49-4)15-22(25)10-13-37-31/h7,9-10,13,15,17,20-21,23-24,26,29,38H,6,8,11-12,14,16,18-19H2,1-5H3,(H,39,42)(H,40,44)(H,45,46)/b9-7-/t20-,21+,23+,24+,26-,29-,36+/m0/s1. The highest BCUT2D eigenvalue weighted by molar-refractivity contribution is 7.91. The number of nitrogens with one attached hydrogen (secondary N) is 3. The number of allylic oxidation sites excluding steroid dienone is 1. The first-order valence-corrected chi connectivity index (χ1v) is 19.1. The zero-order chi connectivity index (χ0) is 37.6. The van der Waals surface area contributed by atoms with Crippen molar-refractivity contribution in [2.45, 2.75) is 94.2 Å². The third-order valence-corrected chi connectivity index (χ3v) is 13.2. The zero-order valence-electron chi connectivity index (χ0n) is 30.0. The summed E-state index contributed by atoms with van der Waals surface area (Å²) in [5.41, 5.74) is -1.55. The number of carboxylic acid groups (broad SMARTS) is 1. The Bertz CT molecular complexity index is 1900. The number of hydrogen-bond acceptors (Lipinski definition) is 10. The van der Waals surface area contributed by atoms with Crippen molar-refractivity contribution in [1.82, 2.24) is 25.2 Å². The number of fused-ring (bicyclic) bond motifs is 3. The van der Waals surface area contributed by atoms with Crippen LogP contribution in [0.3, 0.4) is 0 Å². The molecule has 282 valence electrons. The van der Waals surface area contributed by atoms with Gasteiger partial charge in [0.1, 0.15) is 23.7 Å². The van der Waals surface area contributed by atoms with E-state index in [2.05, 4.69) is 20.3 Å². The smallest absolute Gasteiger partial charge is 0.405 e. The highest BCUT2D eigenvalue weighted by Crippen LogP contribution is 2.47. The summed E-state index contributed by atoms with van der Waals surface area (Å²) in [4.78, 5) is 60.2. The minimum absolute atomic E-state index is 0.0118. The van der Waals surface area contributed by atoms with Crippen molar-refractivity contribution in [3.05, 3.63) is 36.5 Å². The van der Waals surface area contributed by atoms with Crippen molar-refractivity contribution >= 4 is 44.6 Å². The van der Waals surface area contributed by atoms with E-state index >= 15 is 0 Å². The second-order valence-corrected chi connectivity index (χ2v) is 17.1. The fourth-order valence-electron chi connectivity index (χ4n) is 7.45. The monoisotopic (exact) mass is 741 g/mol. The van der Waals surface area contributed by atoms with Crippen LogP contribution in [0, 0.1) is 17.8 Å². The van der Waals surface area contributed by atoms with Crippen molar-refractivity contribution in [2.24, 2.45) is 17.8 Å². The summed E-state index contributed by atoms with van der Waals surface area (Å²) in [6, 6.07) is 2.92. The molecule has 6 rings (SSSR count). The molecule has 2 aliphatic heterocycles. The Hall–Kier alpha value is -4.60. The zero-order valence-corrected chi connectivity index (χ0v) is 30.8. The second-order valence-electron chi connectivity index (χ2n) is 14.9. The fraction of sp³-hybridized carbons (Fsp3) is 0.583. The molecule has 4 N–H and O–H groups in total. The van der Waals surface area contributed by atoms with Gasteiger partial charge in [-0.3, -0.25) is 19.1 Å². The normalized spacial score (nSPS) is 30.8. The van der Waals surface area contributed by atoms with E-state index in [0.29, 0.717) is 42.6 Å². The number of pyridine rings is 1. The molecule has 0 unspecified atom stereocenters. The van der Waals surface area contributed by atoms with E-state index in [1.807, 2.05) is 19.1 Å². The van der Waals surface area contributed by atoms with E-state index < -0.39 is 74.1 Å². The van der Waals surface area contributed by atoms with E-state index in [9.17, 15) is 32.7 Å². The van der Waals surface area contributed by atoms with Gasteiger partial charge in [0.25, 0.3) is 5.91 Å². The molecule has 15 nitrogen and oxygen atoms in total. The van der Waals surface area contributed by atoms with Gasteiger partial charge >= 0.3 is 6.09 Å². The summed E-state index contributed by atoms with van der Waals surface area (Å²) in [6.07, 6.45) is 6.11. The number of sulfonamides is 1. The van der Waals surface area contributed by atoms with Crippen LogP contribution in [0.2, 0.25) is 0 Å². The van der Waals surface area contributed by atoms with E-state index in [0.717, 1.165) is 11.8 Å². The molecular weight excluding hydrogens is 694 g/mol. The summed E-state index contributed by atoms with van der Waals surface area (Å²) in [5, 5.41) is 16.3. The van der Waals surface area contributed by atoms with Gasteiger partial charge in [0.2, 0.25) is 27.7 Å². The van der Waals surface area contributed by atoms with E-state index in [-0.39, 0.29) is 31.2 Å². The van der Waals surface area contributed by atoms with Crippen LogP contribution in [0.15, 0.2) is 36.5 Å². The lowest BCUT2D eigenvalue weighted by Crippen LogP contribution is -2.59. The van der Waals surface area contributed by atoms with E-state index in [1.54, 1.807) is 38.2 Å². The number of benzene rings is 1. The third-order valence-electron chi connectivity index (χ3n) is 11.0. The maximum atomic E-state index is 14.4. The molecule has 0 spiro atoms. The summed E-state index contributed by atoms with van der Waals surface area (Å²) in [7, 11) is -0.976. The number of rotatable bonds is 8. The van der Waals surface area contributed by atoms with Crippen LogP contribution in [-0.2, 0) is 24.4 Å². The minimum atomic E-state index is -4.01. The molecule has 1 aromatic heterocycles. The summed E-state index contributed by atoms with van der Waals surface area (Å²) in [6.45, 7) is 5.32. The van der Waals surface area contributed by atoms with Gasteiger partial charge in [0, 0.05) is 23.9 Å². The quantitative estimate of drug-likeness (QED) is 0.290. The van der Waals surface area contributed by atoms with Crippen LogP contribution in [0.4, 0.5) is 4.79 Å². The van der Waals surface area contributed by atoms with Gasteiger partial charge in [0.15, 0.2) is 11.5 Å². The van der Waals surface area contributed by atoms with Crippen LogP contribution in [0.5, 0.6) is 17.4 Å². The molecule has 0 radical (unpaired) electrons. The Labute approximate surface area is 302 Å². The molecule has 1 saturated heterocycles. The van der Waals surface area contributed by atoms with Gasteiger partial charge in [0.05, 0.1) is 25.5 Å². The summed E-state index contributed by atoms with van der Waals surface area (Å²) < 4.78 is 44.7. The SMILES string of the molecule is COc1cc2ccnc(O[C@@H]3C[C@H]4C(=O)N[C@]5(C(=O)NS(=O)(=O)C6(C)CC6)C[C@H]5/C=C\CC[C@H](C)C[C@@H](C)[C@H](NC(=O)O)C(=O)N4C3)c2cc1OC. The molecule has 3 heterocycles. The summed E-state index contributed by atoms with van der Waals surface area (Å²) in [5.74, 6) is -1.70. The molecule has 7 atom stereocenters. The molecule has 16 heteroatoms. The number of carbonyl (C=O) groups excluding carboxylic acids is 3. The number of hydrogen-bond donors (Lipinski definition) is 4. The molecule has 2 saturated carbocycles. The van der Waals surface area contributed by atoms with Gasteiger partial charge in [-0.25, -0.2) is 18.2 Å². The topological polar surface area (TPSA) is 203 Å². The van der Waals surface area contributed by atoms with Crippen LogP contribution in [0.1, 0.15) is 65.7 Å². The Balaban J connectivity index is 1.35. The molecule has 52 heavy (non-hydrogen) atoms. The van der Waals surface area contributed by atoms with Gasteiger partial charge in [-0.05, 0) is 80.9 Å². The fourth-order valence-corrected chi connectivity index (χ4v) is 8.77. The molecular formula is C36H47N5O10S. The molecule has 3 fully saturated rings. The first-order valence-electron chi connectivity index (χ1n) is 17.6. The third kappa shape index (κ3) is 7.21. The first-order chi connectivity index (χ1) is 24.6. The largest absolute Gasteiger partial charge is 0.493 e. The number of methoxy groups -OCH3 is 2. The number of amides is 4. The molecule has 2 aliphatic carbocycles. The summed E-state index contributed by atoms with van der Waals surface area (Å²) >= 11 is 0. The van der Waals surface area contributed by atoms with Gasteiger partial charge in [-0.15, -0.1) is 0 Å².